The highest BCUT2D eigenvalue weighted by atomic mass is 14.0. The highest BCUT2D eigenvalue weighted by Gasteiger charge is 1.93. The predicted octanol–water partition coefficient (Wildman–Crippen LogP) is 10.1. The molecule has 0 spiro atoms. The van der Waals surface area contributed by atoms with E-state index in [1.807, 2.05) is 60.7 Å². The van der Waals surface area contributed by atoms with Gasteiger partial charge in [-0.15, -0.1) is 13.2 Å². The van der Waals surface area contributed by atoms with Crippen LogP contribution in [-0.4, -0.2) is 0 Å². The van der Waals surface area contributed by atoms with Crippen molar-refractivity contribution in [2.24, 2.45) is 0 Å². The van der Waals surface area contributed by atoms with Gasteiger partial charge in [0.2, 0.25) is 0 Å². The summed E-state index contributed by atoms with van der Waals surface area (Å²) in [6, 6.07) is 32.8. The molecule has 0 aliphatic heterocycles. The average Bonchev–Trinajstić information content (AvgIpc) is 2.79. The Labute approximate surface area is 188 Å². The molecule has 0 N–H and O–H groups in total. The second-order valence-electron chi connectivity index (χ2n) is 6.79. The SMILES string of the molecule is C=C.CC(C)c1ccccc1.CCC.CCC.Cc1ccccc1.c1ccccc1. The van der Waals surface area contributed by atoms with Crippen LogP contribution in [0.25, 0.3) is 0 Å². The minimum atomic E-state index is 0.659. The third-order valence-electron chi connectivity index (χ3n) is 3.07. The molecule has 3 aromatic rings. The maximum Gasteiger partial charge on any atom is -0.0219 e. The van der Waals surface area contributed by atoms with Crippen LogP contribution in [0.2, 0.25) is 0 Å². The van der Waals surface area contributed by atoms with E-state index in [-0.39, 0.29) is 0 Å². The van der Waals surface area contributed by atoms with E-state index in [2.05, 4.69) is 98.0 Å². The first-order chi connectivity index (χ1) is 14.5. The van der Waals surface area contributed by atoms with Crippen LogP contribution in [0, 0.1) is 6.92 Å². The Balaban J connectivity index is -0.000000315. The summed E-state index contributed by atoms with van der Waals surface area (Å²) in [4.78, 5) is 0. The van der Waals surface area contributed by atoms with Crippen LogP contribution in [0.3, 0.4) is 0 Å². The summed E-state index contributed by atoms with van der Waals surface area (Å²) in [6.07, 6.45) is 2.50. The molecule has 0 atom stereocenters. The van der Waals surface area contributed by atoms with Crippen LogP contribution >= 0.6 is 0 Å². The summed E-state index contributed by atoms with van der Waals surface area (Å²) in [5, 5.41) is 0. The van der Waals surface area contributed by atoms with Gasteiger partial charge in [0.25, 0.3) is 0 Å². The molecule has 3 aromatic carbocycles. The molecule has 0 heterocycles. The van der Waals surface area contributed by atoms with Gasteiger partial charge in [-0.2, -0.15) is 0 Å². The van der Waals surface area contributed by atoms with Crippen molar-refractivity contribution < 1.29 is 0 Å². The van der Waals surface area contributed by atoms with Crippen molar-refractivity contribution in [3.63, 3.8) is 0 Å². The van der Waals surface area contributed by atoms with Crippen molar-refractivity contribution in [1.29, 1.82) is 0 Å². The smallest absolute Gasteiger partial charge is 0.0219 e. The summed E-state index contributed by atoms with van der Waals surface area (Å²) in [5.41, 5.74) is 2.74. The summed E-state index contributed by atoms with van der Waals surface area (Å²) in [7, 11) is 0. The summed E-state index contributed by atoms with van der Waals surface area (Å²) in [6.45, 7) is 21.0. The summed E-state index contributed by atoms with van der Waals surface area (Å²) in [5.74, 6) is 0.659. The molecule has 0 heteroatoms. The van der Waals surface area contributed by atoms with Crippen molar-refractivity contribution in [2.45, 2.75) is 67.2 Å². The second-order valence-corrected chi connectivity index (χ2v) is 6.79. The lowest BCUT2D eigenvalue weighted by Crippen LogP contribution is -1.83. The van der Waals surface area contributed by atoms with E-state index < -0.39 is 0 Å². The number of rotatable bonds is 1. The Morgan fingerprint density at radius 1 is 0.533 bits per heavy atom. The zero-order chi connectivity index (χ0) is 23.5. The third kappa shape index (κ3) is 27.6. The number of benzene rings is 3. The van der Waals surface area contributed by atoms with Gasteiger partial charge in [-0.1, -0.05) is 157 Å². The molecule has 0 saturated heterocycles. The topological polar surface area (TPSA) is 0 Å². The van der Waals surface area contributed by atoms with Crippen molar-refractivity contribution in [2.75, 3.05) is 0 Å². The Morgan fingerprint density at radius 2 is 0.767 bits per heavy atom. The van der Waals surface area contributed by atoms with Crippen molar-refractivity contribution >= 4 is 0 Å². The summed E-state index contributed by atoms with van der Waals surface area (Å²) >= 11 is 0. The number of aryl methyl sites for hydroxylation is 1. The van der Waals surface area contributed by atoms with Crippen LogP contribution in [-0.2, 0) is 0 Å². The normalized spacial score (nSPS) is 8.00. The first kappa shape index (κ1) is 32.1. The maximum absolute atomic E-state index is 3.00. The standard InChI is InChI=1S/C9H12.C7H8.C6H6.2C3H8.C2H4/c1-8(2)9-6-4-3-5-7-9;1-7-5-3-2-4-6-7;1-2-4-6-5-3-1;2*1-3-2;1-2/h3-8H,1-2H3;2-6H,1H3;1-6H;2*3H2,1-2H3;1-2H2. The largest absolute Gasteiger partial charge is 0.106 e. The molecule has 0 saturated carbocycles. The Bertz CT molecular complexity index is 583. The van der Waals surface area contributed by atoms with E-state index >= 15 is 0 Å². The molecule has 0 amide bonds. The van der Waals surface area contributed by atoms with Gasteiger partial charge in [0.15, 0.2) is 0 Å². The van der Waals surface area contributed by atoms with Crippen LogP contribution < -0.4 is 0 Å². The highest BCUT2D eigenvalue weighted by Crippen LogP contribution is 2.11. The Morgan fingerprint density at radius 3 is 0.933 bits per heavy atom. The van der Waals surface area contributed by atoms with Gasteiger partial charge >= 0.3 is 0 Å². The zero-order valence-corrected chi connectivity index (χ0v) is 20.6. The maximum atomic E-state index is 3.00. The fourth-order valence-electron chi connectivity index (χ4n) is 1.76. The molecule has 0 aromatic heterocycles. The molecule has 0 aliphatic rings. The van der Waals surface area contributed by atoms with Crippen molar-refractivity contribution in [3.8, 4) is 0 Å². The zero-order valence-electron chi connectivity index (χ0n) is 20.6. The lowest BCUT2D eigenvalue weighted by molar-refractivity contribution is 0.867. The van der Waals surface area contributed by atoms with Crippen LogP contribution in [0.5, 0.6) is 0 Å². The van der Waals surface area contributed by atoms with Gasteiger partial charge in [-0.25, -0.2) is 0 Å². The average molecular weight is 407 g/mol. The number of hydrogen-bond donors (Lipinski definition) is 0. The minimum absolute atomic E-state index is 0.659. The minimum Gasteiger partial charge on any atom is -0.106 e. The summed E-state index contributed by atoms with van der Waals surface area (Å²) < 4.78 is 0. The van der Waals surface area contributed by atoms with Crippen LogP contribution in [0.4, 0.5) is 0 Å². The molecular weight excluding hydrogens is 360 g/mol. The Kier molecular flexibility index (Phi) is 30.6. The van der Waals surface area contributed by atoms with Gasteiger partial charge < -0.3 is 0 Å². The van der Waals surface area contributed by atoms with E-state index in [0.29, 0.717) is 5.92 Å². The predicted molar refractivity (Wildman–Crippen MR) is 141 cm³/mol. The molecular formula is C30H46. The fourth-order valence-corrected chi connectivity index (χ4v) is 1.76. The second kappa shape index (κ2) is 28.6. The quantitative estimate of drug-likeness (QED) is 0.352. The molecule has 0 radical (unpaired) electrons. The van der Waals surface area contributed by atoms with E-state index in [1.165, 1.54) is 24.0 Å². The van der Waals surface area contributed by atoms with E-state index in [9.17, 15) is 0 Å². The monoisotopic (exact) mass is 406 g/mol. The van der Waals surface area contributed by atoms with Crippen LogP contribution in [0.15, 0.2) is 110 Å². The first-order valence-electron chi connectivity index (χ1n) is 11.1. The molecule has 0 aliphatic carbocycles. The van der Waals surface area contributed by atoms with Gasteiger partial charge in [0.05, 0.1) is 0 Å². The van der Waals surface area contributed by atoms with Gasteiger partial charge in [0, 0.05) is 0 Å². The van der Waals surface area contributed by atoms with Crippen LogP contribution in [0.1, 0.15) is 71.4 Å². The first-order valence-corrected chi connectivity index (χ1v) is 11.1. The lowest BCUT2D eigenvalue weighted by atomic mass is 10.0. The molecule has 166 valence electrons. The van der Waals surface area contributed by atoms with E-state index in [1.54, 1.807) is 0 Å². The molecule has 3 rings (SSSR count). The van der Waals surface area contributed by atoms with Gasteiger partial charge in [-0.05, 0) is 18.4 Å². The van der Waals surface area contributed by atoms with Gasteiger partial charge in [0.1, 0.15) is 0 Å². The van der Waals surface area contributed by atoms with Crippen molar-refractivity contribution in [3.05, 3.63) is 121 Å². The molecule has 0 bridgehead atoms. The third-order valence-corrected chi connectivity index (χ3v) is 3.07. The molecule has 0 unspecified atom stereocenters. The molecule has 0 fully saturated rings. The molecule has 30 heavy (non-hydrogen) atoms. The van der Waals surface area contributed by atoms with E-state index in [0.717, 1.165) is 0 Å². The number of hydrogen-bond acceptors (Lipinski definition) is 0. The molecule has 0 nitrogen and oxygen atoms in total. The fraction of sp³-hybridized carbons (Fsp3) is 0.333. The van der Waals surface area contributed by atoms with E-state index in [4.69, 9.17) is 0 Å². The van der Waals surface area contributed by atoms with Gasteiger partial charge in [-0.3, -0.25) is 0 Å². The van der Waals surface area contributed by atoms with Crippen molar-refractivity contribution in [1.82, 2.24) is 0 Å². The Hall–Kier alpha value is -2.60. The lowest BCUT2D eigenvalue weighted by Gasteiger charge is -2.01. The highest BCUT2D eigenvalue weighted by molar-refractivity contribution is 5.17.